The molecule has 33 heavy (non-hydrogen) atoms. The van der Waals surface area contributed by atoms with E-state index in [1.807, 2.05) is 31.2 Å². The van der Waals surface area contributed by atoms with Gasteiger partial charge in [-0.3, -0.25) is 14.4 Å². The molecule has 0 bridgehead atoms. The lowest BCUT2D eigenvalue weighted by Gasteiger charge is -2.35. The highest BCUT2D eigenvalue weighted by atomic mass is 19.1. The maximum Gasteiger partial charge on any atom is 0.270 e. The molecule has 170 valence electrons. The molecule has 0 saturated carbocycles. The molecule has 3 amide bonds. The maximum absolute atomic E-state index is 13.1. The van der Waals surface area contributed by atoms with Crippen molar-refractivity contribution >= 4 is 23.4 Å². The number of hydrogen-bond donors (Lipinski definition) is 1. The molecule has 0 atom stereocenters. The Kier molecular flexibility index (Phi) is 6.53. The third-order valence-corrected chi connectivity index (χ3v) is 5.61. The van der Waals surface area contributed by atoms with Gasteiger partial charge in [-0.05, 0) is 61.0 Å². The molecule has 0 radical (unpaired) electrons. The van der Waals surface area contributed by atoms with Crippen molar-refractivity contribution < 1.29 is 18.8 Å². The van der Waals surface area contributed by atoms with Crippen LogP contribution in [0.4, 0.5) is 10.1 Å². The van der Waals surface area contributed by atoms with E-state index in [0.717, 1.165) is 5.56 Å². The van der Waals surface area contributed by atoms with Crippen LogP contribution in [0.3, 0.4) is 0 Å². The van der Waals surface area contributed by atoms with E-state index in [9.17, 15) is 18.8 Å². The zero-order chi connectivity index (χ0) is 23.4. The lowest BCUT2D eigenvalue weighted by molar-refractivity contribution is -0.116. The van der Waals surface area contributed by atoms with Crippen molar-refractivity contribution in [1.82, 2.24) is 14.4 Å². The monoisotopic (exact) mass is 448 g/mol. The summed E-state index contributed by atoms with van der Waals surface area (Å²) < 4.78 is 14.7. The molecule has 1 N–H and O–H groups in total. The predicted molar refractivity (Wildman–Crippen MR) is 122 cm³/mol. The smallest absolute Gasteiger partial charge is 0.270 e. The molecule has 2 heterocycles. The highest BCUT2D eigenvalue weighted by Gasteiger charge is 2.27. The molecule has 4 rings (SSSR count). The Hall–Kier alpha value is -3.94. The third-order valence-electron chi connectivity index (χ3n) is 5.61. The Morgan fingerprint density at radius 3 is 2.21 bits per heavy atom. The molecular formula is C25H25FN4O3. The van der Waals surface area contributed by atoms with Crippen LogP contribution in [0.1, 0.15) is 26.4 Å². The normalized spacial score (nSPS) is 13.6. The SMILES string of the molecule is Cc1cccc(NC(=O)Cn2cccc2C(=O)N2CCN(C(=O)c3ccc(F)cc3)CC2)c1. The predicted octanol–water partition coefficient (Wildman–Crippen LogP) is 3.17. The molecule has 1 saturated heterocycles. The van der Waals surface area contributed by atoms with Crippen LogP contribution < -0.4 is 5.32 Å². The molecule has 2 aromatic carbocycles. The van der Waals surface area contributed by atoms with Gasteiger partial charge in [-0.15, -0.1) is 0 Å². The molecule has 1 aliphatic rings. The van der Waals surface area contributed by atoms with Crippen molar-refractivity contribution in [2.24, 2.45) is 0 Å². The van der Waals surface area contributed by atoms with Crippen LogP contribution in [0.2, 0.25) is 0 Å². The number of nitrogens with zero attached hydrogens (tertiary/aromatic N) is 3. The lowest BCUT2D eigenvalue weighted by Crippen LogP contribution is -2.51. The summed E-state index contributed by atoms with van der Waals surface area (Å²) in [5, 5.41) is 2.85. The number of carbonyl (C=O) groups is 3. The van der Waals surface area contributed by atoms with Gasteiger partial charge in [0.15, 0.2) is 0 Å². The number of piperazine rings is 1. The van der Waals surface area contributed by atoms with Crippen LogP contribution in [-0.2, 0) is 11.3 Å². The van der Waals surface area contributed by atoms with E-state index < -0.39 is 5.82 Å². The Labute approximate surface area is 191 Å². The number of aryl methyl sites for hydroxylation is 1. The van der Waals surface area contributed by atoms with Crippen LogP contribution in [0.5, 0.6) is 0 Å². The zero-order valence-electron chi connectivity index (χ0n) is 18.3. The van der Waals surface area contributed by atoms with E-state index in [1.165, 1.54) is 24.3 Å². The van der Waals surface area contributed by atoms with E-state index in [4.69, 9.17) is 0 Å². The molecule has 3 aromatic rings. The first-order chi connectivity index (χ1) is 15.9. The first-order valence-electron chi connectivity index (χ1n) is 10.8. The average Bonchev–Trinajstić information content (AvgIpc) is 3.26. The Balaban J connectivity index is 1.35. The largest absolute Gasteiger partial charge is 0.335 e. The number of nitrogens with one attached hydrogen (secondary N) is 1. The lowest BCUT2D eigenvalue weighted by atomic mass is 10.1. The molecule has 0 spiro atoms. The highest BCUT2D eigenvalue weighted by Crippen LogP contribution is 2.14. The Morgan fingerprint density at radius 2 is 1.55 bits per heavy atom. The number of carbonyl (C=O) groups excluding carboxylic acids is 3. The van der Waals surface area contributed by atoms with Crippen LogP contribution in [-0.4, -0.2) is 58.3 Å². The van der Waals surface area contributed by atoms with Gasteiger partial charge in [0.1, 0.15) is 18.1 Å². The van der Waals surface area contributed by atoms with E-state index >= 15 is 0 Å². The van der Waals surface area contributed by atoms with Crippen molar-refractivity contribution in [3.63, 3.8) is 0 Å². The van der Waals surface area contributed by atoms with Gasteiger partial charge in [-0.1, -0.05) is 12.1 Å². The van der Waals surface area contributed by atoms with Gasteiger partial charge in [-0.25, -0.2) is 4.39 Å². The number of halogens is 1. The summed E-state index contributed by atoms with van der Waals surface area (Å²) in [6.45, 7) is 3.50. The Bertz CT molecular complexity index is 1160. The number of amides is 3. The van der Waals surface area contributed by atoms with Crippen molar-refractivity contribution in [3.05, 3.63) is 89.5 Å². The molecule has 0 unspecified atom stereocenters. The van der Waals surface area contributed by atoms with Gasteiger partial charge in [0.05, 0.1) is 0 Å². The minimum atomic E-state index is -0.391. The fraction of sp³-hybridized carbons (Fsp3) is 0.240. The van der Waals surface area contributed by atoms with Crippen LogP contribution in [0, 0.1) is 12.7 Å². The molecule has 8 heteroatoms. The van der Waals surface area contributed by atoms with Crippen LogP contribution in [0.25, 0.3) is 0 Å². The summed E-state index contributed by atoms with van der Waals surface area (Å²) in [7, 11) is 0. The molecule has 7 nitrogen and oxygen atoms in total. The number of aromatic nitrogens is 1. The summed E-state index contributed by atoms with van der Waals surface area (Å²) in [5.41, 5.74) is 2.60. The second-order valence-corrected chi connectivity index (χ2v) is 8.03. The van der Waals surface area contributed by atoms with Crippen molar-refractivity contribution in [1.29, 1.82) is 0 Å². The fourth-order valence-corrected chi connectivity index (χ4v) is 3.87. The summed E-state index contributed by atoms with van der Waals surface area (Å²) in [6, 6.07) is 16.4. The quantitative estimate of drug-likeness (QED) is 0.652. The minimum Gasteiger partial charge on any atom is -0.335 e. The average molecular weight is 448 g/mol. The second-order valence-electron chi connectivity index (χ2n) is 8.03. The third kappa shape index (κ3) is 5.28. The van der Waals surface area contributed by atoms with Gasteiger partial charge in [0.2, 0.25) is 5.91 Å². The number of rotatable bonds is 5. The van der Waals surface area contributed by atoms with Crippen molar-refractivity contribution in [2.75, 3.05) is 31.5 Å². The first kappa shape index (κ1) is 22.3. The van der Waals surface area contributed by atoms with Gasteiger partial charge < -0.3 is 19.7 Å². The maximum atomic E-state index is 13.1. The van der Waals surface area contributed by atoms with E-state index in [0.29, 0.717) is 43.1 Å². The highest BCUT2D eigenvalue weighted by molar-refractivity contribution is 5.96. The number of benzene rings is 2. The van der Waals surface area contributed by atoms with E-state index in [1.54, 1.807) is 32.7 Å². The van der Waals surface area contributed by atoms with E-state index in [2.05, 4.69) is 5.32 Å². The molecule has 0 aliphatic carbocycles. The van der Waals surface area contributed by atoms with Gasteiger partial charge in [-0.2, -0.15) is 0 Å². The standard InChI is InChI=1S/C25H25FN4O3/c1-18-4-2-5-21(16-18)27-23(31)17-30-11-3-6-22(30)25(33)29-14-12-28(13-15-29)24(32)19-7-9-20(26)10-8-19/h2-11,16H,12-15,17H2,1H3,(H,27,31). The Morgan fingerprint density at radius 1 is 0.879 bits per heavy atom. The van der Waals surface area contributed by atoms with Crippen molar-refractivity contribution in [3.8, 4) is 0 Å². The molecule has 1 aliphatic heterocycles. The first-order valence-corrected chi connectivity index (χ1v) is 10.8. The molecular weight excluding hydrogens is 423 g/mol. The van der Waals surface area contributed by atoms with Crippen LogP contribution >= 0.6 is 0 Å². The topological polar surface area (TPSA) is 74.7 Å². The summed E-state index contributed by atoms with van der Waals surface area (Å²) >= 11 is 0. The summed E-state index contributed by atoms with van der Waals surface area (Å²) in [5.74, 6) is -0.978. The molecule has 1 aromatic heterocycles. The fourth-order valence-electron chi connectivity index (χ4n) is 3.87. The second kappa shape index (κ2) is 9.68. The van der Waals surface area contributed by atoms with Crippen LogP contribution in [0.15, 0.2) is 66.9 Å². The summed E-state index contributed by atoms with van der Waals surface area (Å²) in [6.07, 6.45) is 1.71. The summed E-state index contributed by atoms with van der Waals surface area (Å²) in [4.78, 5) is 41.5. The van der Waals surface area contributed by atoms with Gasteiger partial charge >= 0.3 is 0 Å². The van der Waals surface area contributed by atoms with Gasteiger partial charge in [0.25, 0.3) is 11.8 Å². The number of hydrogen-bond acceptors (Lipinski definition) is 3. The minimum absolute atomic E-state index is 0.0189. The van der Waals surface area contributed by atoms with E-state index in [-0.39, 0.29) is 24.3 Å². The molecule has 1 fully saturated rings. The zero-order valence-corrected chi connectivity index (χ0v) is 18.3. The van der Waals surface area contributed by atoms with Gasteiger partial charge in [0, 0.05) is 43.6 Å². The van der Waals surface area contributed by atoms with Crippen molar-refractivity contribution in [2.45, 2.75) is 13.5 Å². The number of anilines is 1.